The van der Waals surface area contributed by atoms with Gasteiger partial charge in [-0.3, -0.25) is 9.69 Å². The van der Waals surface area contributed by atoms with Gasteiger partial charge in [0.2, 0.25) is 0 Å². The monoisotopic (exact) mass is 299 g/mol. The topological polar surface area (TPSA) is 60.8 Å². The van der Waals surface area contributed by atoms with Gasteiger partial charge in [0.15, 0.2) is 5.78 Å². The van der Waals surface area contributed by atoms with Crippen molar-refractivity contribution in [3.8, 4) is 0 Å². The molecule has 0 amide bonds. The Morgan fingerprint density at radius 1 is 1.35 bits per heavy atom. The summed E-state index contributed by atoms with van der Waals surface area (Å²) in [6.45, 7) is 0.923. The first-order valence-electron chi connectivity index (χ1n) is 5.43. The molecule has 1 aromatic rings. The molecule has 0 aromatic heterocycles. The lowest BCUT2D eigenvalue weighted by molar-refractivity contribution is 0.0572. The van der Waals surface area contributed by atoms with E-state index in [9.17, 15) is 15.0 Å². The van der Waals surface area contributed by atoms with Gasteiger partial charge in [-0.2, -0.15) is 0 Å². The maximum atomic E-state index is 11.9. The van der Waals surface area contributed by atoms with Crippen LogP contribution in [0, 0.1) is 0 Å². The predicted octanol–water partition coefficient (Wildman–Crippen LogP) is 0.669. The molecule has 5 heteroatoms. The number of halogens is 1. The lowest BCUT2D eigenvalue weighted by atomic mass is 10.1. The largest absolute Gasteiger partial charge is 0.389 e. The average molecular weight is 300 g/mol. The van der Waals surface area contributed by atoms with E-state index in [4.69, 9.17) is 0 Å². The molecule has 0 bridgehead atoms. The zero-order chi connectivity index (χ0) is 12.4. The van der Waals surface area contributed by atoms with Crippen LogP contribution in [0.2, 0.25) is 0 Å². The summed E-state index contributed by atoms with van der Waals surface area (Å²) in [6.07, 6.45) is -1.49. The molecular formula is C12H14BrNO3. The minimum atomic E-state index is -0.745. The Kier molecular flexibility index (Phi) is 3.93. The molecule has 1 fully saturated rings. The Balaban J connectivity index is 1.98. The average Bonchev–Trinajstić information content (AvgIpc) is 2.58. The highest BCUT2D eigenvalue weighted by Gasteiger charge is 2.30. The fourth-order valence-corrected chi connectivity index (χ4v) is 2.33. The van der Waals surface area contributed by atoms with Crippen LogP contribution in [-0.2, 0) is 0 Å². The summed E-state index contributed by atoms with van der Waals surface area (Å²) >= 11 is 3.32. The minimum absolute atomic E-state index is 0.00685. The maximum absolute atomic E-state index is 11.9. The first-order chi connectivity index (χ1) is 8.06. The number of benzene rings is 1. The van der Waals surface area contributed by atoms with Gasteiger partial charge in [0.05, 0.1) is 18.8 Å². The van der Waals surface area contributed by atoms with E-state index in [2.05, 4.69) is 15.9 Å². The number of likely N-dealkylation sites (tertiary alicyclic amines) is 1. The number of nitrogens with zero attached hydrogens (tertiary/aromatic N) is 1. The molecule has 2 unspecified atom stereocenters. The van der Waals surface area contributed by atoms with Gasteiger partial charge in [-0.05, 0) is 12.1 Å². The van der Waals surface area contributed by atoms with Crippen LogP contribution in [0.25, 0.3) is 0 Å². The van der Waals surface area contributed by atoms with Gasteiger partial charge in [0, 0.05) is 23.1 Å². The second kappa shape index (κ2) is 5.27. The molecule has 2 N–H and O–H groups in total. The SMILES string of the molecule is O=C(CN1CC(O)C(O)C1)c1cccc(Br)c1. The van der Waals surface area contributed by atoms with Gasteiger partial charge >= 0.3 is 0 Å². The third kappa shape index (κ3) is 3.13. The van der Waals surface area contributed by atoms with Crippen molar-refractivity contribution >= 4 is 21.7 Å². The van der Waals surface area contributed by atoms with Crippen LogP contribution in [0.1, 0.15) is 10.4 Å². The molecular weight excluding hydrogens is 286 g/mol. The number of aliphatic hydroxyl groups is 2. The summed E-state index contributed by atoms with van der Waals surface area (Å²) in [6, 6.07) is 7.20. The summed E-state index contributed by atoms with van der Waals surface area (Å²) in [5.74, 6) is -0.00685. The summed E-state index contributed by atoms with van der Waals surface area (Å²) in [5, 5.41) is 18.8. The molecule has 17 heavy (non-hydrogen) atoms. The lowest BCUT2D eigenvalue weighted by Crippen LogP contribution is -2.28. The highest BCUT2D eigenvalue weighted by molar-refractivity contribution is 9.10. The molecule has 1 aliphatic rings. The number of rotatable bonds is 3. The number of aliphatic hydroxyl groups excluding tert-OH is 2. The van der Waals surface area contributed by atoms with Crippen LogP contribution >= 0.6 is 15.9 Å². The summed E-state index contributed by atoms with van der Waals surface area (Å²) < 4.78 is 0.866. The van der Waals surface area contributed by atoms with Crippen LogP contribution < -0.4 is 0 Å². The Morgan fingerprint density at radius 3 is 2.59 bits per heavy atom. The van der Waals surface area contributed by atoms with Gasteiger partial charge in [0.25, 0.3) is 0 Å². The molecule has 0 saturated carbocycles. The predicted molar refractivity (Wildman–Crippen MR) is 66.9 cm³/mol. The van der Waals surface area contributed by atoms with Crippen molar-refractivity contribution in [2.75, 3.05) is 19.6 Å². The first-order valence-corrected chi connectivity index (χ1v) is 6.23. The van der Waals surface area contributed by atoms with E-state index in [1.807, 2.05) is 12.1 Å². The Hall–Kier alpha value is -0.750. The highest BCUT2D eigenvalue weighted by Crippen LogP contribution is 2.14. The molecule has 92 valence electrons. The van der Waals surface area contributed by atoms with Crippen LogP contribution in [0.3, 0.4) is 0 Å². The molecule has 1 aromatic carbocycles. The lowest BCUT2D eigenvalue weighted by Gasteiger charge is -2.13. The van der Waals surface area contributed by atoms with E-state index in [0.717, 1.165) is 4.47 Å². The summed E-state index contributed by atoms with van der Waals surface area (Å²) in [7, 11) is 0. The van der Waals surface area contributed by atoms with Crippen molar-refractivity contribution in [1.82, 2.24) is 4.90 Å². The van der Waals surface area contributed by atoms with Gasteiger partial charge < -0.3 is 10.2 Å². The third-order valence-corrected chi connectivity index (χ3v) is 3.34. The molecule has 1 saturated heterocycles. The molecule has 2 rings (SSSR count). The number of carbonyl (C=O) groups excluding carboxylic acids is 1. The number of carbonyl (C=O) groups is 1. The van der Waals surface area contributed by atoms with E-state index in [0.29, 0.717) is 18.7 Å². The molecule has 0 radical (unpaired) electrons. The zero-order valence-corrected chi connectivity index (χ0v) is 10.8. The standard InChI is InChI=1S/C12H14BrNO3/c13-9-3-1-2-8(4-9)10(15)5-14-6-11(16)12(17)7-14/h1-4,11-12,16-17H,5-7H2. The normalized spacial score (nSPS) is 25.1. The van der Waals surface area contributed by atoms with E-state index in [1.165, 1.54) is 0 Å². The number of ketones is 1. The van der Waals surface area contributed by atoms with E-state index in [-0.39, 0.29) is 12.3 Å². The van der Waals surface area contributed by atoms with Gasteiger partial charge in [-0.1, -0.05) is 28.1 Å². The van der Waals surface area contributed by atoms with Crippen LogP contribution in [0.5, 0.6) is 0 Å². The quantitative estimate of drug-likeness (QED) is 0.806. The molecule has 0 aliphatic carbocycles. The van der Waals surface area contributed by atoms with E-state index < -0.39 is 12.2 Å². The van der Waals surface area contributed by atoms with Crippen molar-refractivity contribution in [1.29, 1.82) is 0 Å². The number of β-amino-alcohol motifs (C(OH)–C–C–N with tert-alkyl or cyclic N) is 2. The van der Waals surface area contributed by atoms with Crippen molar-refractivity contribution in [2.45, 2.75) is 12.2 Å². The minimum Gasteiger partial charge on any atom is -0.389 e. The van der Waals surface area contributed by atoms with Gasteiger partial charge in [-0.25, -0.2) is 0 Å². The van der Waals surface area contributed by atoms with Gasteiger partial charge in [0.1, 0.15) is 0 Å². The summed E-state index contributed by atoms with van der Waals surface area (Å²) in [4.78, 5) is 13.7. The van der Waals surface area contributed by atoms with Crippen molar-refractivity contribution in [3.63, 3.8) is 0 Å². The molecule has 1 aliphatic heterocycles. The second-order valence-corrected chi connectivity index (χ2v) is 5.18. The van der Waals surface area contributed by atoms with E-state index >= 15 is 0 Å². The smallest absolute Gasteiger partial charge is 0.176 e. The van der Waals surface area contributed by atoms with Crippen molar-refractivity contribution in [3.05, 3.63) is 34.3 Å². The molecule has 0 spiro atoms. The number of Topliss-reactive ketones (excluding diaryl/α,β-unsaturated/α-hetero) is 1. The Labute approximate surface area is 108 Å². The highest BCUT2D eigenvalue weighted by atomic mass is 79.9. The molecule has 2 atom stereocenters. The zero-order valence-electron chi connectivity index (χ0n) is 9.21. The second-order valence-electron chi connectivity index (χ2n) is 4.26. The van der Waals surface area contributed by atoms with E-state index in [1.54, 1.807) is 17.0 Å². The Morgan fingerprint density at radius 2 is 2.00 bits per heavy atom. The van der Waals surface area contributed by atoms with Crippen molar-refractivity contribution < 1.29 is 15.0 Å². The van der Waals surface area contributed by atoms with Crippen LogP contribution in [0.15, 0.2) is 28.7 Å². The number of hydrogen-bond acceptors (Lipinski definition) is 4. The number of hydrogen-bond donors (Lipinski definition) is 2. The maximum Gasteiger partial charge on any atom is 0.176 e. The van der Waals surface area contributed by atoms with Gasteiger partial charge in [-0.15, -0.1) is 0 Å². The first kappa shape index (κ1) is 12.7. The fraction of sp³-hybridized carbons (Fsp3) is 0.417. The molecule has 1 heterocycles. The Bertz CT molecular complexity index is 414. The van der Waals surface area contributed by atoms with Crippen molar-refractivity contribution in [2.24, 2.45) is 0 Å². The third-order valence-electron chi connectivity index (χ3n) is 2.85. The molecule has 4 nitrogen and oxygen atoms in total. The summed E-state index contributed by atoms with van der Waals surface area (Å²) in [5.41, 5.74) is 0.634. The van der Waals surface area contributed by atoms with Crippen LogP contribution in [-0.4, -0.2) is 52.7 Å². The van der Waals surface area contributed by atoms with Crippen LogP contribution in [0.4, 0.5) is 0 Å². The fourth-order valence-electron chi connectivity index (χ4n) is 1.93.